The van der Waals surface area contributed by atoms with Crippen LogP contribution < -0.4 is 5.32 Å². The van der Waals surface area contributed by atoms with Crippen LogP contribution in [0.2, 0.25) is 0 Å². The molecule has 0 aliphatic rings. The van der Waals surface area contributed by atoms with Gasteiger partial charge >= 0.3 is 0 Å². The number of nitrogens with one attached hydrogen (secondary N) is 2. The first-order valence-corrected chi connectivity index (χ1v) is 7.19. The number of hydrogen-bond donors (Lipinski definition) is 2. The van der Waals surface area contributed by atoms with Gasteiger partial charge in [0.25, 0.3) is 5.91 Å². The highest BCUT2D eigenvalue weighted by Crippen LogP contribution is 2.17. The summed E-state index contributed by atoms with van der Waals surface area (Å²) in [5.41, 5.74) is 2.20. The predicted octanol–water partition coefficient (Wildman–Crippen LogP) is 2.59. The molecule has 1 amide bonds. The van der Waals surface area contributed by atoms with E-state index in [2.05, 4.69) is 39.6 Å². The van der Waals surface area contributed by atoms with Crippen LogP contribution in [0, 0.1) is 0 Å². The highest BCUT2D eigenvalue weighted by Gasteiger charge is 2.21. The summed E-state index contributed by atoms with van der Waals surface area (Å²) in [5, 5.41) is 9.63. The monoisotopic (exact) mass is 286 g/mol. The summed E-state index contributed by atoms with van der Waals surface area (Å²) in [6.45, 7) is 8.65. The minimum absolute atomic E-state index is 0.151. The quantitative estimate of drug-likeness (QED) is 0.907. The summed E-state index contributed by atoms with van der Waals surface area (Å²) >= 11 is 0. The molecule has 2 N–H and O–H groups in total. The summed E-state index contributed by atoms with van der Waals surface area (Å²) in [5.74, 6) is 0.631. The maximum atomic E-state index is 12.0. The number of rotatable bonds is 4. The summed E-state index contributed by atoms with van der Waals surface area (Å²) in [6, 6.07) is 8.20. The van der Waals surface area contributed by atoms with E-state index < -0.39 is 0 Å². The minimum Gasteiger partial charge on any atom is -0.345 e. The van der Waals surface area contributed by atoms with Gasteiger partial charge in [-0.2, -0.15) is 0 Å². The Balaban J connectivity index is 1.96. The van der Waals surface area contributed by atoms with Gasteiger partial charge in [-0.1, -0.05) is 52.0 Å². The number of amides is 1. The van der Waals surface area contributed by atoms with Crippen LogP contribution in [0.1, 0.15) is 55.3 Å². The number of H-pyrrole nitrogens is 1. The van der Waals surface area contributed by atoms with Gasteiger partial charge in [-0.25, -0.2) is 4.98 Å². The van der Waals surface area contributed by atoms with Crippen LogP contribution in [0.15, 0.2) is 24.3 Å². The average molecular weight is 286 g/mol. The SMILES string of the molecule is CCc1ccc(CNC(=O)c2n[nH]c(C(C)(C)C)n2)cc1. The average Bonchev–Trinajstić information content (AvgIpc) is 2.95. The lowest BCUT2D eigenvalue weighted by molar-refractivity contribution is 0.0941. The van der Waals surface area contributed by atoms with Crippen LogP contribution in [0.5, 0.6) is 0 Å². The molecule has 0 radical (unpaired) electrons. The molecular formula is C16H22N4O. The van der Waals surface area contributed by atoms with Crippen molar-refractivity contribution < 1.29 is 4.79 Å². The molecule has 0 saturated carbocycles. The molecule has 5 heteroatoms. The molecule has 1 aromatic heterocycles. The Bertz CT molecular complexity index is 608. The van der Waals surface area contributed by atoms with Crippen molar-refractivity contribution in [2.75, 3.05) is 0 Å². The number of carbonyl (C=O) groups excluding carboxylic acids is 1. The van der Waals surface area contributed by atoms with Gasteiger partial charge in [-0.3, -0.25) is 9.89 Å². The topological polar surface area (TPSA) is 70.7 Å². The molecule has 1 aromatic carbocycles. The summed E-state index contributed by atoms with van der Waals surface area (Å²) < 4.78 is 0. The molecule has 2 aromatic rings. The zero-order valence-electron chi connectivity index (χ0n) is 13.0. The molecule has 0 saturated heterocycles. The molecule has 0 fully saturated rings. The standard InChI is InChI=1S/C16H22N4O/c1-5-11-6-8-12(9-7-11)10-17-14(21)13-18-15(20-19-13)16(2,3)4/h6-9H,5,10H2,1-4H3,(H,17,21)(H,18,19,20). The zero-order valence-corrected chi connectivity index (χ0v) is 13.0. The first kappa shape index (κ1) is 15.2. The predicted molar refractivity (Wildman–Crippen MR) is 82.1 cm³/mol. The summed E-state index contributed by atoms with van der Waals surface area (Å²) in [6.07, 6.45) is 1.01. The van der Waals surface area contributed by atoms with Gasteiger partial charge in [-0.15, -0.1) is 5.10 Å². The molecule has 0 unspecified atom stereocenters. The fraction of sp³-hybridized carbons (Fsp3) is 0.438. The molecule has 0 aliphatic heterocycles. The number of aromatic amines is 1. The van der Waals surface area contributed by atoms with Gasteiger partial charge in [0.1, 0.15) is 5.82 Å². The molecule has 1 heterocycles. The molecule has 21 heavy (non-hydrogen) atoms. The van der Waals surface area contributed by atoms with Crippen molar-refractivity contribution in [2.45, 2.75) is 46.1 Å². The smallest absolute Gasteiger partial charge is 0.291 e. The molecule has 0 spiro atoms. The van der Waals surface area contributed by atoms with E-state index in [1.807, 2.05) is 32.9 Å². The van der Waals surface area contributed by atoms with E-state index in [1.165, 1.54) is 5.56 Å². The molecular weight excluding hydrogens is 264 g/mol. The van der Waals surface area contributed by atoms with E-state index in [0.717, 1.165) is 12.0 Å². The largest absolute Gasteiger partial charge is 0.345 e. The van der Waals surface area contributed by atoms with Gasteiger partial charge in [0.15, 0.2) is 0 Å². The van der Waals surface area contributed by atoms with Gasteiger partial charge in [0, 0.05) is 12.0 Å². The normalized spacial score (nSPS) is 11.4. The van der Waals surface area contributed by atoms with Gasteiger partial charge in [-0.05, 0) is 17.5 Å². The Morgan fingerprint density at radius 3 is 2.33 bits per heavy atom. The van der Waals surface area contributed by atoms with E-state index in [9.17, 15) is 4.79 Å². The molecule has 0 aliphatic carbocycles. The van der Waals surface area contributed by atoms with Crippen molar-refractivity contribution in [2.24, 2.45) is 0 Å². The highest BCUT2D eigenvalue weighted by molar-refractivity contribution is 5.90. The Labute approximate surface area is 125 Å². The number of benzene rings is 1. The summed E-state index contributed by atoms with van der Waals surface area (Å²) in [7, 11) is 0. The number of nitrogens with zero attached hydrogens (tertiary/aromatic N) is 2. The first-order valence-electron chi connectivity index (χ1n) is 7.19. The van der Waals surface area contributed by atoms with Crippen molar-refractivity contribution in [1.29, 1.82) is 0 Å². The highest BCUT2D eigenvalue weighted by atomic mass is 16.2. The van der Waals surface area contributed by atoms with E-state index in [-0.39, 0.29) is 17.1 Å². The van der Waals surface area contributed by atoms with Crippen molar-refractivity contribution in [3.05, 3.63) is 47.0 Å². The van der Waals surface area contributed by atoms with Crippen molar-refractivity contribution in [3.8, 4) is 0 Å². The van der Waals surface area contributed by atoms with Gasteiger partial charge < -0.3 is 5.32 Å². The second kappa shape index (κ2) is 6.08. The summed E-state index contributed by atoms with van der Waals surface area (Å²) in [4.78, 5) is 16.3. The first-order chi connectivity index (χ1) is 9.90. The van der Waals surface area contributed by atoms with Crippen molar-refractivity contribution in [1.82, 2.24) is 20.5 Å². The Kier molecular flexibility index (Phi) is 4.40. The molecule has 5 nitrogen and oxygen atoms in total. The Morgan fingerprint density at radius 2 is 1.81 bits per heavy atom. The van der Waals surface area contributed by atoms with Crippen LogP contribution in [0.25, 0.3) is 0 Å². The molecule has 0 bridgehead atoms. The Hall–Kier alpha value is -2.17. The fourth-order valence-corrected chi connectivity index (χ4v) is 1.85. The van der Waals surface area contributed by atoms with E-state index in [0.29, 0.717) is 12.4 Å². The fourth-order valence-electron chi connectivity index (χ4n) is 1.85. The van der Waals surface area contributed by atoms with Gasteiger partial charge in [0.2, 0.25) is 5.82 Å². The van der Waals surface area contributed by atoms with Crippen LogP contribution in [-0.2, 0) is 18.4 Å². The number of carbonyl (C=O) groups is 1. The lowest BCUT2D eigenvalue weighted by Gasteiger charge is -2.12. The molecule has 2 rings (SSSR count). The molecule has 112 valence electrons. The molecule has 0 atom stereocenters. The zero-order chi connectivity index (χ0) is 15.5. The van der Waals surface area contributed by atoms with E-state index >= 15 is 0 Å². The number of aromatic nitrogens is 3. The third kappa shape index (κ3) is 3.90. The van der Waals surface area contributed by atoms with E-state index in [4.69, 9.17) is 0 Å². The van der Waals surface area contributed by atoms with Crippen LogP contribution >= 0.6 is 0 Å². The second-order valence-electron chi connectivity index (χ2n) is 6.11. The third-order valence-corrected chi connectivity index (χ3v) is 3.28. The number of aryl methyl sites for hydroxylation is 1. The Morgan fingerprint density at radius 1 is 1.19 bits per heavy atom. The maximum Gasteiger partial charge on any atom is 0.291 e. The lowest BCUT2D eigenvalue weighted by Crippen LogP contribution is -2.24. The maximum absolute atomic E-state index is 12.0. The van der Waals surface area contributed by atoms with Crippen molar-refractivity contribution in [3.63, 3.8) is 0 Å². The van der Waals surface area contributed by atoms with Crippen LogP contribution in [-0.4, -0.2) is 21.1 Å². The van der Waals surface area contributed by atoms with Crippen molar-refractivity contribution >= 4 is 5.91 Å². The number of hydrogen-bond acceptors (Lipinski definition) is 3. The van der Waals surface area contributed by atoms with E-state index in [1.54, 1.807) is 0 Å². The minimum atomic E-state index is -0.263. The second-order valence-corrected chi connectivity index (χ2v) is 6.11. The van der Waals surface area contributed by atoms with Gasteiger partial charge in [0.05, 0.1) is 0 Å². The third-order valence-electron chi connectivity index (χ3n) is 3.28. The van der Waals surface area contributed by atoms with Crippen LogP contribution in [0.4, 0.5) is 0 Å². The van der Waals surface area contributed by atoms with Crippen LogP contribution in [0.3, 0.4) is 0 Å². The lowest BCUT2D eigenvalue weighted by atomic mass is 9.96.